The number of nitrogens with zero attached hydrogens (tertiary/aromatic N) is 2. The largest absolute Gasteiger partial charge is 0.398 e. The zero-order valence-corrected chi connectivity index (χ0v) is 11.3. The molecule has 0 amide bonds. The van der Waals surface area contributed by atoms with Crippen molar-refractivity contribution in [3.05, 3.63) is 53.3 Å². The first kappa shape index (κ1) is 12.0. The van der Waals surface area contributed by atoms with Crippen LogP contribution in [0.5, 0.6) is 0 Å². The molecule has 0 saturated heterocycles. The lowest BCUT2D eigenvalue weighted by atomic mass is 9.99. The summed E-state index contributed by atoms with van der Waals surface area (Å²) in [4.78, 5) is 6.78. The highest BCUT2D eigenvalue weighted by Gasteiger charge is 2.19. The lowest BCUT2D eigenvalue weighted by Crippen LogP contribution is -2.29. The molecule has 3 heteroatoms. The monoisotopic (exact) mass is 253 g/mol. The summed E-state index contributed by atoms with van der Waals surface area (Å²) in [5.74, 6) is 0. The number of rotatable bonds is 2. The van der Waals surface area contributed by atoms with E-state index in [0.29, 0.717) is 0 Å². The summed E-state index contributed by atoms with van der Waals surface area (Å²) in [6.45, 7) is 4.07. The second kappa shape index (κ2) is 4.92. The topological polar surface area (TPSA) is 42.2 Å². The second-order valence-electron chi connectivity index (χ2n) is 5.12. The highest BCUT2D eigenvalue weighted by Crippen LogP contribution is 2.32. The minimum absolute atomic E-state index is 0.913. The number of aromatic nitrogens is 1. The smallest absolute Gasteiger partial charge is 0.0447 e. The molecular formula is C16H19N3. The number of hydrogen-bond donors (Lipinski definition) is 1. The maximum Gasteiger partial charge on any atom is 0.0447 e. The van der Waals surface area contributed by atoms with Gasteiger partial charge in [-0.1, -0.05) is 12.1 Å². The predicted octanol–water partition coefficient (Wildman–Crippen LogP) is 2.93. The number of benzene rings is 1. The minimum Gasteiger partial charge on any atom is -0.398 e. The summed E-state index contributed by atoms with van der Waals surface area (Å²) in [5, 5.41) is 0. The van der Waals surface area contributed by atoms with Gasteiger partial charge in [0.25, 0.3) is 0 Å². The van der Waals surface area contributed by atoms with Crippen molar-refractivity contribution < 1.29 is 0 Å². The highest BCUT2D eigenvalue weighted by molar-refractivity contribution is 5.66. The highest BCUT2D eigenvalue weighted by atomic mass is 15.1. The molecule has 1 aromatic carbocycles. The zero-order chi connectivity index (χ0) is 13.2. The third kappa shape index (κ3) is 2.28. The Morgan fingerprint density at radius 1 is 1.26 bits per heavy atom. The average molecular weight is 253 g/mol. The lowest BCUT2D eigenvalue weighted by molar-refractivity contribution is 0.689. The molecule has 2 heterocycles. The van der Waals surface area contributed by atoms with Gasteiger partial charge >= 0.3 is 0 Å². The number of pyridine rings is 1. The van der Waals surface area contributed by atoms with E-state index in [2.05, 4.69) is 28.9 Å². The summed E-state index contributed by atoms with van der Waals surface area (Å²) in [7, 11) is 0. The molecule has 1 aromatic heterocycles. The van der Waals surface area contributed by atoms with Crippen LogP contribution in [0, 0.1) is 6.92 Å². The Morgan fingerprint density at radius 2 is 2.16 bits per heavy atom. The Balaban J connectivity index is 1.92. The van der Waals surface area contributed by atoms with Gasteiger partial charge in [-0.15, -0.1) is 0 Å². The molecule has 0 spiro atoms. The molecule has 0 saturated carbocycles. The van der Waals surface area contributed by atoms with Crippen LogP contribution in [0.15, 0.2) is 36.5 Å². The molecule has 2 aromatic rings. The van der Waals surface area contributed by atoms with Crippen LogP contribution in [0.1, 0.15) is 23.2 Å². The third-order valence-electron chi connectivity index (χ3n) is 3.86. The van der Waals surface area contributed by atoms with Gasteiger partial charge < -0.3 is 10.6 Å². The number of anilines is 2. The van der Waals surface area contributed by atoms with Gasteiger partial charge in [0.05, 0.1) is 0 Å². The summed E-state index contributed by atoms with van der Waals surface area (Å²) < 4.78 is 0. The van der Waals surface area contributed by atoms with Crippen molar-refractivity contribution in [2.75, 3.05) is 17.2 Å². The first-order valence-corrected chi connectivity index (χ1v) is 6.78. The van der Waals surface area contributed by atoms with Crippen LogP contribution in [0.3, 0.4) is 0 Å². The van der Waals surface area contributed by atoms with E-state index in [4.69, 9.17) is 5.73 Å². The quantitative estimate of drug-likeness (QED) is 0.837. The van der Waals surface area contributed by atoms with Gasteiger partial charge in [-0.05, 0) is 49.1 Å². The van der Waals surface area contributed by atoms with Crippen LogP contribution in [0.2, 0.25) is 0 Å². The molecule has 0 unspecified atom stereocenters. The molecular weight excluding hydrogens is 234 g/mol. The van der Waals surface area contributed by atoms with Crippen LogP contribution in [0.25, 0.3) is 0 Å². The van der Waals surface area contributed by atoms with E-state index in [9.17, 15) is 0 Å². The van der Waals surface area contributed by atoms with Crippen molar-refractivity contribution in [3.63, 3.8) is 0 Å². The summed E-state index contributed by atoms with van der Waals surface area (Å²) >= 11 is 0. The Hall–Kier alpha value is -2.03. The Bertz CT molecular complexity index is 592. The average Bonchev–Trinajstić information content (AvgIpc) is 2.42. The first-order chi connectivity index (χ1) is 9.25. The molecule has 98 valence electrons. The van der Waals surface area contributed by atoms with Gasteiger partial charge in [0.2, 0.25) is 0 Å². The van der Waals surface area contributed by atoms with Crippen molar-refractivity contribution in [2.24, 2.45) is 0 Å². The van der Waals surface area contributed by atoms with Crippen LogP contribution >= 0.6 is 0 Å². The van der Waals surface area contributed by atoms with E-state index in [-0.39, 0.29) is 0 Å². The fourth-order valence-electron chi connectivity index (χ4n) is 2.78. The van der Waals surface area contributed by atoms with E-state index < -0.39 is 0 Å². The van der Waals surface area contributed by atoms with Crippen LogP contribution < -0.4 is 10.6 Å². The van der Waals surface area contributed by atoms with Crippen molar-refractivity contribution in [1.29, 1.82) is 0 Å². The molecule has 0 fully saturated rings. The fourth-order valence-corrected chi connectivity index (χ4v) is 2.78. The molecule has 0 radical (unpaired) electrons. The van der Waals surface area contributed by atoms with Gasteiger partial charge in [-0.3, -0.25) is 4.98 Å². The van der Waals surface area contributed by atoms with Crippen LogP contribution in [-0.4, -0.2) is 11.5 Å². The second-order valence-corrected chi connectivity index (χ2v) is 5.12. The van der Waals surface area contributed by atoms with E-state index >= 15 is 0 Å². The maximum atomic E-state index is 6.09. The van der Waals surface area contributed by atoms with E-state index in [1.54, 1.807) is 0 Å². The molecule has 19 heavy (non-hydrogen) atoms. The maximum absolute atomic E-state index is 6.09. The Labute approximate surface area is 114 Å². The fraction of sp³-hybridized carbons (Fsp3) is 0.312. The number of fused-ring (bicyclic) bond motifs is 1. The van der Waals surface area contributed by atoms with Crippen LogP contribution in [-0.2, 0) is 13.0 Å². The number of aryl methyl sites for hydroxylation is 1. The van der Waals surface area contributed by atoms with E-state index in [1.807, 2.05) is 24.4 Å². The number of hydrogen-bond acceptors (Lipinski definition) is 3. The number of nitrogen functional groups attached to an aromatic ring is 1. The Kier molecular flexibility index (Phi) is 3.11. The lowest BCUT2D eigenvalue weighted by Gasteiger charge is -2.32. The molecule has 0 bridgehead atoms. The third-order valence-corrected chi connectivity index (χ3v) is 3.86. The van der Waals surface area contributed by atoms with Gasteiger partial charge in [-0.25, -0.2) is 0 Å². The summed E-state index contributed by atoms with van der Waals surface area (Å²) in [6.07, 6.45) is 4.10. The molecule has 3 nitrogen and oxygen atoms in total. The molecule has 1 aliphatic rings. The van der Waals surface area contributed by atoms with Crippen LogP contribution in [0.4, 0.5) is 11.4 Å². The Morgan fingerprint density at radius 3 is 3.00 bits per heavy atom. The van der Waals surface area contributed by atoms with Gasteiger partial charge in [-0.2, -0.15) is 0 Å². The molecule has 0 atom stereocenters. The molecule has 0 aliphatic carbocycles. The zero-order valence-electron chi connectivity index (χ0n) is 11.3. The predicted molar refractivity (Wildman–Crippen MR) is 79.2 cm³/mol. The van der Waals surface area contributed by atoms with Gasteiger partial charge in [0, 0.05) is 36.4 Å². The SMILES string of the molecule is Cc1ncccc1CN1CCCc2c(N)cccc21. The standard InChI is InChI=1S/C16H19N3/c1-12-13(5-3-9-18-12)11-19-10-4-6-14-15(17)7-2-8-16(14)19/h2-3,5,7-9H,4,6,10-11,17H2,1H3. The van der Waals surface area contributed by atoms with Gasteiger partial charge in [0.1, 0.15) is 0 Å². The van der Waals surface area contributed by atoms with E-state index in [0.717, 1.165) is 30.9 Å². The number of nitrogens with two attached hydrogens (primary N) is 1. The van der Waals surface area contributed by atoms with Crippen molar-refractivity contribution in [1.82, 2.24) is 4.98 Å². The van der Waals surface area contributed by atoms with Gasteiger partial charge in [0.15, 0.2) is 0 Å². The van der Waals surface area contributed by atoms with Crippen molar-refractivity contribution in [3.8, 4) is 0 Å². The molecule has 2 N–H and O–H groups in total. The van der Waals surface area contributed by atoms with E-state index in [1.165, 1.54) is 23.2 Å². The minimum atomic E-state index is 0.913. The summed E-state index contributed by atoms with van der Waals surface area (Å²) in [5.41, 5.74) is 12.0. The normalized spacial score (nSPS) is 14.3. The van der Waals surface area contributed by atoms with Crippen molar-refractivity contribution in [2.45, 2.75) is 26.3 Å². The molecule has 1 aliphatic heterocycles. The first-order valence-electron chi connectivity index (χ1n) is 6.78. The van der Waals surface area contributed by atoms with Crippen molar-refractivity contribution >= 4 is 11.4 Å². The molecule has 3 rings (SSSR count). The summed E-state index contributed by atoms with van der Waals surface area (Å²) in [6, 6.07) is 10.4.